The van der Waals surface area contributed by atoms with Gasteiger partial charge in [-0.15, -0.1) is 0 Å². The van der Waals surface area contributed by atoms with Crippen molar-refractivity contribution in [3.63, 3.8) is 0 Å². The normalized spacial score (nSPS) is 16.2. The zero-order chi connectivity index (χ0) is 26.1. The van der Waals surface area contributed by atoms with Gasteiger partial charge in [0.2, 0.25) is 0 Å². The smallest absolute Gasteiger partial charge is 0.185 e. The van der Waals surface area contributed by atoms with Crippen molar-refractivity contribution in [2.45, 2.75) is 26.7 Å². The number of hydrogen-bond donors (Lipinski definition) is 0. The molecule has 0 spiro atoms. The predicted molar refractivity (Wildman–Crippen MR) is 155 cm³/mol. The van der Waals surface area contributed by atoms with E-state index in [9.17, 15) is 17.8 Å². The number of hydrogen-bond acceptors (Lipinski definition) is 6. The van der Waals surface area contributed by atoms with E-state index < -0.39 is 10.1 Å². The van der Waals surface area contributed by atoms with Gasteiger partial charge in [0.1, 0.15) is 0 Å². The van der Waals surface area contributed by atoms with Crippen LogP contribution in [0.5, 0.6) is 0 Å². The van der Waals surface area contributed by atoms with Crippen molar-refractivity contribution in [3.05, 3.63) is 95.1 Å². The fourth-order valence-electron chi connectivity index (χ4n) is 3.90. The SMILES string of the molecule is C.CN(C)c1ccc(C=CC=C2CCC(=CC=Cc3ccc(N(C)CCCS(=O)(=O)[O-])cc3)C2=O)cc1. The molecule has 0 saturated heterocycles. The Labute approximate surface area is 222 Å². The second-order valence-corrected chi connectivity index (χ2v) is 10.6. The summed E-state index contributed by atoms with van der Waals surface area (Å²) >= 11 is 0. The average Bonchev–Trinajstić information content (AvgIpc) is 3.18. The van der Waals surface area contributed by atoms with E-state index in [-0.39, 0.29) is 19.0 Å². The van der Waals surface area contributed by atoms with Crippen molar-refractivity contribution in [1.82, 2.24) is 0 Å². The fourth-order valence-corrected chi connectivity index (χ4v) is 4.39. The van der Waals surface area contributed by atoms with Gasteiger partial charge < -0.3 is 14.4 Å². The molecule has 1 aliphatic carbocycles. The van der Waals surface area contributed by atoms with E-state index in [0.29, 0.717) is 13.0 Å². The molecule has 198 valence electrons. The first kappa shape index (κ1) is 29.8. The molecule has 0 atom stereocenters. The van der Waals surface area contributed by atoms with Crippen molar-refractivity contribution in [1.29, 1.82) is 0 Å². The molecule has 6 nitrogen and oxygen atoms in total. The molecule has 1 saturated carbocycles. The van der Waals surface area contributed by atoms with Gasteiger partial charge in [0, 0.05) is 56.0 Å². The summed E-state index contributed by atoms with van der Waals surface area (Å²) in [5, 5.41) is 0. The second kappa shape index (κ2) is 13.8. The average molecular weight is 522 g/mol. The van der Waals surface area contributed by atoms with Crippen LogP contribution in [0.4, 0.5) is 11.4 Å². The molecule has 1 fully saturated rings. The van der Waals surface area contributed by atoms with Crippen LogP contribution in [0.1, 0.15) is 37.8 Å². The summed E-state index contributed by atoms with van der Waals surface area (Å²) in [5.74, 6) is -0.256. The monoisotopic (exact) mass is 521 g/mol. The summed E-state index contributed by atoms with van der Waals surface area (Å²) in [6.07, 6.45) is 13.4. The van der Waals surface area contributed by atoms with Gasteiger partial charge in [0.25, 0.3) is 0 Å². The molecule has 3 rings (SSSR count). The lowest BCUT2D eigenvalue weighted by molar-refractivity contribution is -0.111. The first-order valence-electron chi connectivity index (χ1n) is 11.9. The summed E-state index contributed by atoms with van der Waals surface area (Å²) in [7, 11) is 1.71. The van der Waals surface area contributed by atoms with Gasteiger partial charge >= 0.3 is 0 Å². The standard InChI is InChI=1S/C29H34N2O4S.CH4/c1-30(2)27-17-11-23(12-18-27)7-4-9-25-15-16-26(29(25)32)10-5-8-24-13-19-28(20-14-24)31(3)21-6-22-36(33,34)35;/h4-5,7-14,17-20H,6,15-16,21-22H2,1-3H3,(H,33,34,35);1H4/p-1. The number of carbonyl (C=O) groups excluding carboxylic acids is 1. The van der Waals surface area contributed by atoms with Gasteiger partial charge in [-0.2, -0.15) is 0 Å². The molecule has 0 unspecified atom stereocenters. The highest BCUT2D eigenvalue weighted by molar-refractivity contribution is 7.85. The lowest BCUT2D eigenvalue weighted by Crippen LogP contribution is -2.21. The van der Waals surface area contributed by atoms with Crippen LogP contribution in [0.25, 0.3) is 12.2 Å². The zero-order valence-corrected chi connectivity index (χ0v) is 21.9. The van der Waals surface area contributed by atoms with Crippen LogP contribution >= 0.6 is 0 Å². The Balaban J connectivity index is 0.00000481. The molecule has 0 aliphatic heterocycles. The molecular formula is C30H37N2O4S-. The van der Waals surface area contributed by atoms with E-state index in [0.717, 1.165) is 46.5 Å². The number of ketones is 1. The maximum absolute atomic E-state index is 12.7. The molecule has 0 N–H and O–H groups in total. The van der Waals surface area contributed by atoms with E-state index in [1.54, 1.807) is 0 Å². The number of allylic oxidation sites excluding steroid dienone is 6. The highest BCUT2D eigenvalue weighted by atomic mass is 32.2. The number of carbonyl (C=O) groups is 1. The van der Waals surface area contributed by atoms with Crippen molar-refractivity contribution in [3.8, 4) is 0 Å². The summed E-state index contributed by atoms with van der Waals surface area (Å²) in [4.78, 5) is 16.7. The minimum atomic E-state index is -4.18. The van der Waals surface area contributed by atoms with Crippen LogP contribution < -0.4 is 9.80 Å². The highest BCUT2D eigenvalue weighted by Gasteiger charge is 2.21. The Morgan fingerprint density at radius 1 is 0.811 bits per heavy atom. The number of Topliss-reactive ketones (excluding diaryl/α,β-unsaturated/α-hetero) is 1. The van der Waals surface area contributed by atoms with Crippen LogP contribution in [0.15, 0.2) is 84.0 Å². The largest absolute Gasteiger partial charge is 0.748 e. The molecule has 0 radical (unpaired) electrons. The van der Waals surface area contributed by atoms with Crippen LogP contribution in [-0.2, 0) is 14.9 Å². The van der Waals surface area contributed by atoms with E-state index in [1.165, 1.54) is 0 Å². The molecule has 0 amide bonds. The van der Waals surface area contributed by atoms with Gasteiger partial charge in [-0.3, -0.25) is 4.79 Å². The van der Waals surface area contributed by atoms with Gasteiger partial charge in [0.15, 0.2) is 5.78 Å². The Morgan fingerprint density at radius 3 is 1.70 bits per heavy atom. The van der Waals surface area contributed by atoms with E-state index in [4.69, 9.17) is 0 Å². The van der Waals surface area contributed by atoms with Crippen LogP contribution in [-0.4, -0.2) is 52.2 Å². The molecule has 2 aromatic carbocycles. The van der Waals surface area contributed by atoms with Crippen molar-refractivity contribution < 1.29 is 17.8 Å². The van der Waals surface area contributed by atoms with Gasteiger partial charge in [0.05, 0.1) is 10.1 Å². The van der Waals surface area contributed by atoms with E-state index >= 15 is 0 Å². The summed E-state index contributed by atoms with van der Waals surface area (Å²) < 4.78 is 32.2. The number of rotatable bonds is 10. The molecule has 1 aliphatic rings. The second-order valence-electron chi connectivity index (χ2n) is 9.05. The third-order valence-electron chi connectivity index (χ3n) is 6.05. The minimum Gasteiger partial charge on any atom is -0.748 e. The van der Waals surface area contributed by atoms with Crippen LogP contribution in [0, 0.1) is 0 Å². The molecule has 37 heavy (non-hydrogen) atoms. The maximum atomic E-state index is 12.7. The van der Waals surface area contributed by atoms with Crippen molar-refractivity contribution >= 4 is 39.4 Å². The Bertz CT molecular complexity index is 1270. The predicted octanol–water partition coefficient (Wildman–Crippen LogP) is 5.70. The Kier molecular flexibility index (Phi) is 11.1. The van der Waals surface area contributed by atoms with Crippen molar-refractivity contribution in [2.24, 2.45) is 0 Å². The lowest BCUT2D eigenvalue weighted by atomic mass is 10.1. The van der Waals surface area contributed by atoms with Gasteiger partial charge in [-0.05, 0) is 54.7 Å². The third kappa shape index (κ3) is 9.52. The Hall–Kier alpha value is -3.42. The van der Waals surface area contributed by atoms with Crippen LogP contribution in [0.3, 0.4) is 0 Å². The number of benzene rings is 2. The summed E-state index contributed by atoms with van der Waals surface area (Å²) in [5.41, 5.74) is 5.81. The maximum Gasteiger partial charge on any atom is 0.185 e. The summed E-state index contributed by atoms with van der Waals surface area (Å²) in [6.45, 7) is 0.485. The number of anilines is 2. The molecule has 0 aromatic heterocycles. The highest BCUT2D eigenvalue weighted by Crippen LogP contribution is 2.26. The molecule has 0 heterocycles. The quantitative estimate of drug-likeness (QED) is 0.295. The van der Waals surface area contributed by atoms with E-state index in [2.05, 4.69) is 29.2 Å². The summed E-state index contributed by atoms with van der Waals surface area (Å²) in [6, 6.07) is 16.1. The van der Waals surface area contributed by atoms with Gasteiger partial charge in [-0.1, -0.05) is 68.1 Å². The van der Waals surface area contributed by atoms with Gasteiger partial charge in [-0.25, -0.2) is 8.42 Å². The molecular weight excluding hydrogens is 484 g/mol. The first-order valence-corrected chi connectivity index (χ1v) is 13.5. The number of nitrogens with zero attached hydrogens (tertiary/aromatic N) is 2. The fraction of sp³-hybridized carbons (Fsp3) is 0.300. The zero-order valence-electron chi connectivity index (χ0n) is 21.1. The third-order valence-corrected chi connectivity index (χ3v) is 6.84. The molecule has 2 aromatic rings. The van der Waals surface area contributed by atoms with Crippen molar-refractivity contribution in [2.75, 3.05) is 43.2 Å². The minimum absolute atomic E-state index is 0. The lowest BCUT2D eigenvalue weighted by Gasteiger charge is -2.19. The first-order chi connectivity index (χ1) is 17.1. The topological polar surface area (TPSA) is 80.8 Å². The van der Waals surface area contributed by atoms with E-state index in [1.807, 2.05) is 86.8 Å². The molecule has 0 bridgehead atoms. The Morgan fingerprint density at radius 2 is 1.27 bits per heavy atom. The molecule has 7 heteroatoms. The van der Waals surface area contributed by atoms with Crippen LogP contribution in [0.2, 0.25) is 0 Å².